The van der Waals surface area contributed by atoms with Gasteiger partial charge >= 0.3 is 0 Å². The van der Waals surface area contributed by atoms with Crippen LogP contribution in [0.1, 0.15) is 32.0 Å². The number of nitrogens with two attached hydrogens (primary N) is 1. The summed E-state index contributed by atoms with van der Waals surface area (Å²) < 4.78 is 14.9. The van der Waals surface area contributed by atoms with Gasteiger partial charge in [-0.15, -0.1) is 11.3 Å². The predicted molar refractivity (Wildman–Crippen MR) is 102 cm³/mol. The maximum absolute atomic E-state index is 13.2. The van der Waals surface area contributed by atoms with E-state index in [0.717, 1.165) is 23.4 Å². The Bertz CT molecular complexity index is 992. The zero-order chi connectivity index (χ0) is 18.7. The summed E-state index contributed by atoms with van der Waals surface area (Å²) in [6.45, 7) is 2.43. The number of hydrogen-bond acceptors (Lipinski definition) is 4. The van der Waals surface area contributed by atoms with Crippen molar-refractivity contribution in [2.45, 2.75) is 39.2 Å². The molecule has 1 amide bonds. The van der Waals surface area contributed by atoms with E-state index in [1.165, 1.54) is 23.5 Å². The third kappa shape index (κ3) is 3.67. The molecule has 0 atom stereocenters. The number of benzene rings is 1. The molecule has 0 fully saturated rings. The lowest BCUT2D eigenvalue weighted by molar-refractivity contribution is -0.118. The van der Waals surface area contributed by atoms with Crippen molar-refractivity contribution in [2.24, 2.45) is 5.73 Å². The molecule has 1 aromatic carbocycles. The zero-order valence-electron chi connectivity index (χ0n) is 14.5. The number of primary amides is 1. The van der Waals surface area contributed by atoms with Crippen molar-refractivity contribution in [2.75, 3.05) is 0 Å². The highest BCUT2D eigenvalue weighted by Gasteiger charge is 2.17. The van der Waals surface area contributed by atoms with Crippen molar-refractivity contribution in [1.82, 2.24) is 9.55 Å². The Morgan fingerprint density at radius 3 is 2.69 bits per heavy atom. The van der Waals surface area contributed by atoms with Crippen LogP contribution in [0.25, 0.3) is 21.3 Å². The van der Waals surface area contributed by atoms with Crippen molar-refractivity contribution in [1.29, 1.82) is 0 Å². The van der Waals surface area contributed by atoms with Gasteiger partial charge in [0.2, 0.25) is 5.91 Å². The Kier molecular flexibility index (Phi) is 5.46. The summed E-state index contributed by atoms with van der Waals surface area (Å²) in [5, 5.41) is 2.43. The zero-order valence-corrected chi connectivity index (χ0v) is 15.3. The lowest BCUT2D eigenvalue weighted by atomic mass is 10.1. The third-order valence-corrected chi connectivity index (χ3v) is 5.08. The van der Waals surface area contributed by atoms with Crippen LogP contribution in [0.3, 0.4) is 0 Å². The highest BCUT2D eigenvalue weighted by Crippen LogP contribution is 2.31. The largest absolute Gasteiger partial charge is 0.370 e. The van der Waals surface area contributed by atoms with Crippen LogP contribution in [0, 0.1) is 5.82 Å². The lowest BCUT2D eigenvalue weighted by Crippen LogP contribution is -2.26. The van der Waals surface area contributed by atoms with Crippen LogP contribution in [0.4, 0.5) is 4.39 Å². The number of halogens is 1. The van der Waals surface area contributed by atoms with E-state index in [1.807, 2.05) is 12.3 Å². The minimum absolute atomic E-state index is 0.122. The van der Waals surface area contributed by atoms with Crippen LogP contribution in [0.2, 0.25) is 0 Å². The van der Waals surface area contributed by atoms with Gasteiger partial charge in [0.1, 0.15) is 16.5 Å². The lowest BCUT2D eigenvalue weighted by Gasteiger charge is -2.12. The monoisotopic (exact) mass is 373 g/mol. The Hall–Kier alpha value is -2.54. The molecule has 7 heteroatoms. The first-order chi connectivity index (χ1) is 12.5. The highest BCUT2D eigenvalue weighted by atomic mass is 32.1. The fraction of sp³-hybridized carbons (Fsp3) is 0.316. The molecule has 0 aliphatic heterocycles. The van der Waals surface area contributed by atoms with Crippen LogP contribution in [0.5, 0.6) is 0 Å². The number of amides is 1. The van der Waals surface area contributed by atoms with E-state index in [1.54, 1.807) is 16.7 Å². The molecule has 3 aromatic rings. The number of rotatable bonds is 7. The van der Waals surface area contributed by atoms with Crippen molar-refractivity contribution in [3.8, 4) is 11.1 Å². The molecule has 3 rings (SSSR count). The number of aromatic nitrogens is 2. The van der Waals surface area contributed by atoms with Crippen LogP contribution in [-0.4, -0.2) is 15.5 Å². The van der Waals surface area contributed by atoms with Crippen molar-refractivity contribution in [3.63, 3.8) is 0 Å². The second kappa shape index (κ2) is 7.78. The van der Waals surface area contributed by atoms with Gasteiger partial charge in [-0.3, -0.25) is 14.2 Å². The molecule has 0 aliphatic rings. The number of carbonyl (C=O) groups is 1. The van der Waals surface area contributed by atoms with E-state index in [0.29, 0.717) is 29.6 Å². The summed E-state index contributed by atoms with van der Waals surface area (Å²) in [6.07, 6.45) is 2.27. The molecule has 136 valence electrons. The van der Waals surface area contributed by atoms with Gasteiger partial charge in [-0.05, 0) is 30.5 Å². The molecule has 2 heterocycles. The maximum Gasteiger partial charge on any atom is 0.262 e. The summed E-state index contributed by atoms with van der Waals surface area (Å²) in [4.78, 5) is 29.5. The molecule has 5 nitrogen and oxygen atoms in total. The highest BCUT2D eigenvalue weighted by molar-refractivity contribution is 7.17. The van der Waals surface area contributed by atoms with E-state index in [2.05, 4.69) is 4.98 Å². The number of nitrogens with zero attached hydrogens (tertiary/aromatic N) is 2. The third-order valence-electron chi connectivity index (χ3n) is 4.21. The molecule has 0 unspecified atom stereocenters. The molecule has 0 aliphatic carbocycles. The normalized spacial score (nSPS) is 11.2. The Labute approximate surface area is 154 Å². The number of thiophene rings is 1. The van der Waals surface area contributed by atoms with Crippen molar-refractivity contribution < 1.29 is 9.18 Å². The van der Waals surface area contributed by atoms with Gasteiger partial charge < -0.3 is 5.73 Å². The van der Waals surface area contributed by atoms with Crippen LogP contribution in [0.15, 0.2) is 34.4 Å². The maximum atomic E-state index is 13.2. The van der Waals surface area contributed by atoms with E-state index in [9.17, 15) is 14.0 Å². The smallest absolute Gasteiger partial charge is 0.262 e. The molecule has 26 heavy (non-hydrogen) atoms. The summed E-state index contributed by atoms with van der Waals surface area (Å²) in [7, 11) is 0. The first kappa shape index (κ1) is 18.3. The average molecular weight is 373 g/mol. The van der Waals surface area contributed by atoms with E-state index >= 15 is 0 Å². The van der Waals surface area contributed by atoms with Gasteiger partial charge in [0.25, 0.3) is 5.56 Å². The van der Waals surface area contributed by atoms with Crippen LogP contribution in [-0.2, 0) is 17.8 Å². The fourth-order valence-corrected chi connectivity index (χ4v) is 3.92. The van der Waals surface area contributed by atoms with E-state index in [-0.39, 0.29) is 23.7 Å². The Morgan fingerprint density at radius 1 is 1.31 bits per heavy atom. The second-order valence-corrected chi connectivity index (χ2v) is 7.00. The number of carbonyl (C=O) groups excluding carboxylic acids is 1. The summed E-state index contributed by atoms with van der Waals surface area (Å²) in [5.41, 5.74) is 6.62. The average Bonchev–Trinajstić information content (AvgIpc) is 3.02. The van der Waals surface area contributed by atoms with Gasteiger partial charge in [-0.25, -0.2) is 9.37 Å². The van der Waals surface area contributed by atoms with Crippen LogP contribution >= 0.6 is 11.3 Å². The first-order valence-corrected chi connectivity index (χ1v) is 9.44. The van der Waals surface area contributed by atoms with E-state index < -0.39 is 0 Å². The fourth-order valence-electron chi connectivity index (χ4n) is 2.96. The second-order valence-electron chi connectivity index (χ2n) is 6.14. The summed E-state index contributed by atoms with van der Waals surface area (Å²) in [6, 6.07) is 6.08. The standard InChI is InChI=1S/C19H20FN3O2S/c1-2-4-16-22-18-17(19(25)23(16)10-3-5-15(21)24)14(11-26-18)12-6-8-13(20)9-7-12/h6-9,11H,2-5,10H2,1H3,(H2,21,24). The molecule has 0 spiro atoms. The van der Waals surface area contributed by atoms with Gasteiger partial charge in [-0.1, -0.05) is 19.1 Å². The molecule has 0 saturated carbocycles. The molecule has 2 N–H and O–H groups in total. The predicted octanol–water partition coefficient (Wildman–Crippen LogP) is 3.48. The van der Waals surface area contributed by atoms with Crippen molar-refractivity contribution in [3.05, 3.63) is 51.6 Å². The SMILES string of the molecule is CCCc1nc2scc(-c3ccc(F)cc3)c2c(=O)n1CCCC(N)=O. The van der Waals surface area contributed by atoms with E-state index in [4.69, 9.17) is 5.73 Å². The Balaban J connectivity index is 2.11. The molecule has 2 aromatic heterocycles. The number of hydrogen-bond donors (Lipinski definition) is 1. The molecule has 0 saturated heterocycles. The molecular formula is C19H20FN3O2S. The van der Waals surface area contributed by atoms with Gasteiger partial charge in [0, 0.05) is 30.3 Å². The minimum Gasteiger partial charge on any atom is -0.370 e. The molecule has 0 bridgehead atoms. The number of aryl methyl sites for hydroxylation is 1. The molecular weight excluding hydrogens is 353 g/mol. The Morgan fingerprint density at radius 2 is 2.04 bits per heavy atom. The van der Waals surface area contributed by atoms with Crippen LogP contribution < -0.4 is 11.3 Å². The van der Waals surface area contributed by atoms with Gasteiger partial charge in [0.05, 0.1) is 5.39 Å². The van der Waals surface area contributed by atoms with Gasteiger partial charge in [-0.2, -0.15) is 0 Å². The van der Waals surface area contributed by atoms with Gasteiger partial charge in [0.15, 0.2) is 0 Å². The summed E-state index contributed by atoms with van der Waals surface area (Å²) in [5.74, 6) is 0.0224. The molecule has 0 radical (unpaired) electrons. The van der Waals surface area contributed by atoms with Crippen molar-refractivity contribution >= 4 is 27.5 Å². The topological polar surface area (TPSA) is 78.0 Å². The summed E-state index contributed by atoms with van der Waals surface area (Å²) >= 11 is 1.41. The minimum atomic E-state index is -0.383. The number of fused-ring (bicyclic) bond motifs is 1. The quantitative estimate of drug-likeness (QED) is 0.689. The first-order valence-electron chi connectivity index (χ1n) is 8.56.